The van der Waals surface area contributed by atoms with Crippen LogP contribution in [0.5, 0.6) is 5.75 Å². The predicted octanol–water partition coefficient (Wildman–Crippen LogP) is 3.26. The molecule has 0 spiro atoms. The van der Waals surface area contributed by atoms with Crippen LogP contribution in [0.4, 0.5) is 18.9 Å². The number of anilines is 1. The Balaban J connectivity index is 1.99. The van der Waals surface area contributed by atoms with Crippen LogP contribution in [0, 0.1) is 11.7 Å². The third-order valence-corrected chi connectivity index (χ3v) is 3.21. The highest BCUT2D eigenvalue weighted by atomic mass is 19.3. The lowest BCUT2D eigenvalue weighted by Gasteiger charge is -2.20. The molecule has 0 amide bonds. The van der Waals surface area contributed by atoms with Crippen molar-refractivity contribution in [3.8, 4) is 5.75 Å². The maximum absolute atomic E-state index is 13.5. The van der Waals surface area contributed by atoms with Crippen molar-refractivity contribution >= 4 is 5.69 Å². The Morgan fingerprint density at radius 3 is 2.79 bits per heavy atom. The molecule has 106 valence electrons. The van der Waals surface area contributed by atoms with Gasteiger partial charge in [0.25, 0.3) is 0 Å². The quantitative estimate of drug-likeness (QED) is 0.894. The Hall–Kier alpha value is -1.43. The molecule has 2 rings (SSSR count). The molecule has 2 unspecified atom stereocenters. The van der Waals surface area contributed by atoms with E-state index >= 15 is 0 Å². The number of hydrogen-bond donors (Lipinski definition) is 1. The van der Waals surface area contributed by atoms with Crippen molar-refractivity contribution in [2.45, 2.75) is 26.0 Å². The molecule has 1 aromatic rings. The van der Waals surface area contributed by atoms with Gasteiger partial charge in [-0.3, -0.25) is 0 Å². The van der Waals surface area contributed by atoms with Gasteiger partial charge in [0.1, 0.15) is 0 Å². The highest BCUT2D eigenvalue weighted by molar-refractivity contribution is 5.48. The molecule has 3 nitrogen and oxygen atoms in total. The van der Waals surface area contributed by atoms with Crippen molar-refractivity contribution in [1.29, 1.82) is 0 Å². The summed E-state index contributed by atoms with van der Waals surface area (Å²) in [5, 5.41) is 3.14. The van der Waals surface area contributed by atoms with E-state index in [0.717, 1.165) is 19.1 Å². The van der Waals surface area contributed by atoms with Crippen LogP contribution in [0.25, 0.3) is 0 Å². The normalized spacial score (nSPS) is 20.6. The van der Waals surface area contributed by atoms with Crippen molar-refractivity contribution < 1.29 is 22.6 Å². The number of rotatable bonds is 5. The molecule has 2 atom stereocenters. The SMILES string of the molecule is CC(Nc1ccc(OC(F)F)c(F)c1)C1CCOC1. The second kappa shape index (κ2) is 6.14. The molecule has 0 aromatic heterocycles. The van der Waals surface area contributed by atoms with Gasteiger partial charge in [0.15, 0.2) is 11.6 Å². The van der Waals surface area contributed by atoms with Crippen LogP contribution in [-0.2, 0) is 4.74 Å². The molecule has 1 aliphatic heterocycles. The summed E-state index contributed by atoms with van der Waals surface area (Å²) in [7, 11) is 0. The second-order valence-electron chi connectivity index (χ2n) is 4.58. The molecule has 0 aliphatic carbocycles. The van der Waals surface area contributed by atoms with E-state index in [9.17, 15) is 13.2 Å². The van der Waals surface area contributed by atoms with Gasteiger partial charge in [-0.05, 0) is 25.5 Å². The number of hydrogen-bond acceptors (Lipinski definition) is 3. The van der Waals surface area contributed by atoms with Crippen molar-refractivity contribution in [1.82, 2.24) is 0 Å². The van der Waals surface area contributed by atoms with E-state index in [4.69, 9.17) is 4.74 Å². The zero-order valence-electron chi connectivity index (χ0n) is 10.5. The number of ether oxygens (including phenoxy) is 2. The molecular weight excluding hydrogens is 259 g/mol. The lowest BCUT2D eigenvalue weighted by atomic mass is 10.0. The fraction of sp³-hybridized carbons (Fsp3) is 0.538. The fourth-order valence-electron chi connectivity index (χ4n) is 2.11. The summed E-state index contributed by atoms with van der Waals surface area (Å²) >= 11 is 0. The first kappa shape index (κ1) is 14.0. The summed E-state index contributed by atoms with van der Waals surface area (Å²) < 4.78 is 46.8. The van der Waals surface area contributed by atoms with Gasteiger partial charge in [0.2, 0.25) is 0 Å². The summed E-state index contributed by atoms with van der Waals surface area (Å²) in [4.78, 5) is 0. The van der Waals surface area contributed by atoms with E-state index in [1.54, 1.807) is 0 Å². The average Bonchev–Trinajstić information content (AvgIpc) is 2.86. The molecule has 1 aliphatic rings. The van der Waals surface area contributed by atoms with Crippen LogP contribution in [0.3, 0.4) is 0 Å². The summed E-state index contributed by atoms with van der Waals surface area (Å²) in [5.41, 5.74) is 0.540. The van der Waals surface area contributed by atoms with Gasteiger partial charge in [-0.15, -0.1) is 0 Å². The Morgan fingerprint density at radius 2 is 2.21 bits per heavy atom. The second-order valence-corrected chi connectivity index (χ2v) is 4.58. The van der Waals surface area contributed by atoms with Crippen LogP contribution in [-0.4, -0.2) is 25.9 Å². The highest BCUT2D eigenvalue weighted by Gasteiger charge is 2.22. The minimum atomic E-state index is -3.03. The lowest BCUT2D eigenvalue weighted by Crippen LogP contribution is -2.26. The fourth-order valence-corrected chi connectivity index (χ4v) is 2.11. The topological polar surface area (TPSA) is 30.5 Å². The number of benzene rings is 1. The average molecular weight is 275 g/mol. The van der Waals surface area contributed by atoms with E-state index in [-0.39, 0.29) is 6.04 Å². The van der Waals surface area contributed by atoms with E-state index in [1.165, 1.54) is 12.1 Å². The number of alkyl halides is 2. The van der Waals surface area contributed by atoms with Gasteiger partial charge in [0.05, 0.1) is 6.61 Å². The van der Waals surface area contributed by atoms with Gasteiger partial charge in [-0.25, -0.2) is 4.39 Å². The minimum Gasteiger partial charge on any atom is -0.432 e. The minimum absolute atomic E-state index is 0.128. The Kier molecular flexibility index (Phi) is 4.52. The van der Waals surface area contributed by atoms with Crippen LogP contribution in [0.2, 0.25) is 0 Å². The molecular formula is C13H16F3NO2. The Bertz CT molecular complexity index is 422. The summed E-state index contributed by atoms with van der Waals surface area (Å²) in [6, 6.07) is 4.00. The summed E-state index contributed by atoms with van der Waals surface area (Å²) in [6.07, 6.45) is 0.962. The van der Waals surface area contributed by atoms with E-state index in [0.29, 0.717) is 18.2 Å². The van der Waals surface area contributed by atoms with Crippen molar-refractivity contribution in [2.75, 3.05) is 18.5 Å². The van der Waals surface area contributed by atoms with Crippen LogP contribution in [0.15, 0.2) is 18.2 Å². The first-order valence-electron chi connectivity index (χ1n) is 6.15. The predicted molar refractivity (Wildman–Crippen MR) is 65.0 cm³/mol. The molecule has 1 aromatic carbocycles. The zero-order chi connectivity index (χ0) is 13.8. The smallest absolute Gasteiger partial charge is 0.387 e. The molecule has 0 radical (unpaired) electrons. The van der Waals surface area contributed by atoms with Crippen LogP contribution < -0.4 is 10.1 Å². The van der Waals surface area contributed by atoms with Gasteiger partial charge >= 0.3 is 6.61 Å². The summed E-state index contributed by atoms with van der Waals surface area (Å²) in [6.45, 7) is 0.388. The van der Waals surface area contributed by atoms with Crippen molar-refractivity contribution in [3.63, 3.8) is 0 Å². The van der Waals surface area contributed by atoms with Crippen molar-refractivity contribution in [2.24, 2.45) is 5.92 Å². The standard InChI is InChI=1S/C13H16F3NO2/c1-8(9-4-5-18-7-9)17-10-2-3-12(11(14)6-10)19-13(15)16/h2-3,6,8-9,13,17H,4-5,7H2,1H3. The molecule has 0 bridgehead atoms. The van der Waals surface area contributed by atoms with Crippen molar-refractivity contribution in [3.05, 3.63) is 24.0 Å². The third-order valence-electron chi connectivity index (χ3n) is 3.21. The van der Waals surface area contributed by atoms with Crippen LogP contribution >= 0.6 is 0 Å². The Morgan fingerprint density at radius 1 is 1.42 bits per heavy atom. The molecule has 0 saturated carbocycles. The largest absolute Gasteiger partial charge is 0.432 e. The van der Waals surface area contributed by atoms with Gasteiger partial charge < -0.3 is 14.8 Å². The van der Waals surface area contributed by atoms with Gasteiger partial charge in [-0.1, -0.05) is 0 Å². The van der Waals surface area contributed by atoms with Gasteiger partial charge in [0, 0.05) is 30.3 Å². The maximum Gasteiger partial charge on any atom is 0.387 e. The van der Waals surface area contributed by atoms with E-state index < -0.39 is 18.2 Å². The van der Waals surface area contributed by atoms with E-state index in [1.807, 2.05) is 6.92 Å². The van der Waals surface area contributed by atoms with Crippen LogP contribution in [0.1, 0.15) is 13.3 Å². The molecule has 19 heavy (non-hydrogen) atoms. The monoisotopic (exact) mass is 275 g/mol. The highest BCUT2D eigenvalue weighted by Crippen LogP contribution is 2.25. The third kappa shape index (κ3) is 3.76. The molecule has 1 heterocycles. The number of halogens is 3. The van der Waals surface area contributed by atoms with Gasteiger partial charge in [-0.2, -0.15) is 8.78 Å². The molecule has 1 fully saturated rings. The number of nitrogens with one attached hydrogen (secondary N) is 1. The molecule has 6 heteroatoms. The zero-order valence-corrected chi connectivity index (χ0v) is 10.5. The Labute approximate surface area is 109 Å². The molecule has 1 N–H and O–H groups in total. The lowest BCUT2D eigenvalue weighted by molar-refractivity contribution is -0.0521. The first-order chi connectivity index (χ1) is 9.06. The van der Waals surface area contributed by atoms with E-state index in [2.05, 4.69) is 10.1 Å². The maximum atomic E-state index is 13.5. The summed E-state index contributed by atoms with van der Waals surface area (Å²) in [5.74, 6) is -0.877. The first-order valence-corrected chi connectivity index (χ1v) is 6.15. The molecule has 1 saturated heterocycles.